The molecule has 2 aromatic rings. The smallest absolute Gasteiger partial charge is 0.324 e. The summed E-state index contributed by atoms with van der Waals surface area (Å²) in [6.45, 7) is 3.79. The van der Waals surface area contributed by atoms with E-state index in [9.17, 15) is 4.79 Å². The van der Waals surface area contributed by atoms with Crippen molar-refractivity contribution < 1.29 is 19.0 Å². The van der Waals surface area contributed by atoms with Crippen LogP contribution in [0.4, 0.5) is 10.7 Å². The van der Waals surface area contributed by atoms with Gasteiger partial charge in [0.05, 0.1) is 12.6 Å². The van der Waals surface area contributed by atoms with Crippen molar-refractivity contribution in [3.63, 3.8) is 0 Å². The number of hydrogen-bond donors (Lipinski definition) is 2. The topological polar surface area (TPSA) is 88.7 Å². The van der Waals surface area contributed by atoms with Crippen molar-refractivity contribution in [2.45, 2.75) is 31.6 Å². The molecule has 29 heavy (non-hydrogen) atoms. The van der Waals surface area contributed by atoms with E-state index in [1.807, 2.05) is 11.0 Å². The normalized spacial score (nSPS) is 20.3. The number of methoxy groups -OCH3 is 2. The minimum Gasteiger partial charge on any atom is -0.494 e. The van der Waals surface area contributed by atoms with Crippen molar-refractivity contribution in [1.29, 1.82) is 0 Å². The minimum absolute atomic E-state index is 0.115. The third-order valence-corrected chi connectivity index (χ3v) is 6.05. The van der Waals surface area contributed by atoms with Gasteiger partial charge in [-0.25, -0.2) is 9.78 Å². The second kappa shape index (κ2) is 9.00. The van der Waals surface area contributed by atoms with E-state index >= 15 is 0 Å². The molecular formula is C21H30N4O4. The average Bonchev–Trinajstić information content (AvgIpc) is 3.39. The van der Waals surface area contributed by atoms with Gasteiger partial charge in [-0.3, -0.25) is 5.32 Å². The Labute approximate surface area is 170 Å². The number of benzene rings is 1. The van der Waals surface area contributed by atoms with Crippen LogP contribution in [0.2, 0.25) is 0 Å². The summed E-state index contributed by atoms with van der Waals surface area (Å²) in [5.74, 6) is 2.09. The average molecular weight is 402 g/mol. The largest absolute Gasteiger partial charge is 0.494 e. The Balaban J connectivity index is 1.51. The van der Waals surface area contributed by atoms with Crippen molar-refractivity contribution >= 4 is 23.0 Å². The van der Waals surface area contributed by atoms with Crippen LogP contribution in [0.5, 0.6) is 5.75 Å². The fourth-order valence-corrected chi connectivity index (χ4v) is 4.37. The van der Waals surface area contributed by atoms with Crippen molar-refractivity contribution in [2.24, 2.45) is 5.92 Å². The number of carbonyl (C=O) groups excluding carboxylic acids is 1. The zero-order valence-electron chi connectivity index (χ0n) is 17.2. The van der Waals surface area contributed by atoms with Crippen LogP contribution in [0.25, 0.3) is 11.0 Å². The number of hydrogen-bond acceptors (Lipinski definition) is 5. The number of rotatable bonds is 6. The molecule has 1 unspecified atom stereocenters. The summed E-state index contributed by atoms with van der Waals surface area (Å²) in [5.41, 5.74) is 2.87. The minimum atomic E-state index is -0.115. The van der Waals surface area contributed by atoms with Crippen molar-refractivity contribution in [3.8, 4) is 5.75 Å². The second-order valence-corrected chi connectivity index (χ2v) is 7.87. The third-order valence-electron chi connectivity index (χ3n) is 6.05. The molecule has 1 aromatic carbocycles. The number of likely N-dealkylation sites (tertiary alicyclic amines) is 1. The molecule has 2 N–H and O–H groups in total. The summed E-state index contributed by atoms with van der Waals surface area (Å²) in [5, 5.41) is 2.94. The molecule has 2 amide bonds. The van der Waals surface area contributed by atoms with Crippen LogP contribution in [0.3, 0.4) is 0 Å². The quantitative estimate of drug-likeness (QED) is 0.773. The number of aromatic amines is 1. The number of anilines is 1. The highest BCUT2D eigenvalue weighted by Gasteiger charge is 2.27. The number of carbonyl (C=O) groups is 1. The summed E-state index contributed by atoms with van der Waals surface area (Å²) < 4.78 is 16.2. The number of imidazole rings is 1. The lowest BCUT2D eigenvalue weighted by Crippen LogP contribution is -2.33. The maximum Gasteiger partial charge on any atom is 0.324 e. The Morgan fingerprint density at radius 3 is 2.90 bits per heavy atom. The highest BCUT2D eigenvalue weighted by atomic mass is 16.5. The summed E-state index contributed by atoms with van der Waals surface area (Å²) in [6, 6.07) is 3.94. The molecule has 0 radical (unpaired) electrons. The molecule has 2 aliphatic rings. The van der Waals surface area contributed by atoms with E-state index in [4.69, 9.17) is 19.2 Å². The van der Waals surface area contributed by atoms with Crippen molar-refractivity contribution in [1.82, 2.24) is 14.9 Å². The first-order valence-electron chi connectivity index (χ1n) is 10.4. The Bertz CT molecular complexity index is 847. The molecule has 0 aliphatic carbocycles. The van der Waals surface area contributed by atoms with Crippen LogP contribution in [-0.2, 0) is 9.47 Å². The maximum atomic E-state index is 12.7. The number of nitrogens with zero attached hydrogens (tertiary/aromatic N) is 2. The molecule has 1 atom stereocenters. The first-order chi connectivity index (χ1) is 14.2. The Hall–Kier alpha value is -2.32. The van der Waals surface area contributed by atoms with Gasteiger partial charge in [0.1, 0.15) is 11.3 Å². The zero-order valence-corrected chi connectivity index (χ0v) is 17.2. The SMILES string of the molecule is COCCC1CCN(C(=O)Nc2nc3c(C4CCOCC4)ccc(OC)c3[nH]2)C1. The summed E-state index contributed by atoms with van der Waals surface area (Å²) in [7, 11) is 3.36. The van der Waals surface area contributed by atoms with Crippen LogP contribution >= 0.6 is 0 Å². The number of fused-ring (bicyclic) bond motifs is 1. The monoisotopic (exact) mass is 402 g/mol. The predicted molar refractivity (Wildman–Crippen MR) is 111 cm³/mol. The van der Waals surface area contributed by atoms with E-state index in [-0.39, 0.29) is 6.03 Å². The second-order valence-electron chi connectivity index (χ2n) is 7.87. The molecule has 0 bridgehead atoms. The molecule has 3 heterocycles. The van der Waals surface area contributed by atoms with Gasteiger partial charge in [-0.2, -0.15) is 0 Å². The van der Waals surface area contributed by atoms with E-state index < -0.39 is 0 Å². The van der Waals surface area contributed by atoms with Gasteiger partial charge in [-0.15, -0.1) is 0 Å². The van der Waals surface area contributed by atoms with Crippen molar-refractivity contribution in [3.05, 3.63) is 17.7 Å². The fraction of sp³-hybridized carbons (Fsp3) is 0.619. The molecule has 158 valence electrons. The molecular weight excluding hydrogens is 372 g/mol. The Morgan fingerprint density at radius 1 is 1.31 bits per heavy atom. The first kappa shape index (κ1) is 20.0. The molecule has 2 aliphatic heterocycles. The van der Waals surface area contributed by atoms with Gasteiger partial charge < -0.3 is 24.1 Å². The van der Waals surface area contributed by atoms with Crippen LogP contribution in [0.1, 0.15) is 37.2 Å². The van der Waals surface area contributed by atoms with E-state index in [2.05, 4.69) is 16.4 Å². The standard InChI is InChI=1S/C21H30N4O4/c1-27-10-6-14-5-9-25(13-14)21(26)24-20-22-18-16(15-7-11-29-12-8-15)3-4-17(28-2)19(18)23-20/h3-4,14-15H,5-13H2,1-2H3,(H2,22,23,24,26). The number of nitrogens with one attached hydrogen (secondary N) is 2. The number of H-pyrrole nitrogens is 1. The summed E-state index contributed by atoms with van der Waals surface area (Å²) in [4.78, 5) is 22.5. The van der Waals surface area contributed by atoms with Gasteiger partial charge in [0, 0.05) is 40.0 Å². The Kier molecular flexibility index (Phi) is 6.20. The van der Waals surface area contributed by atoms with E-state index in [0.29, 0.717) is 17.8 Å². The third kappa shape index (κ3) is 4.33. The van der Waals surface area contributed by atoms with Gasteiger partial charge in [0.25, 0.3) is 0 Å². The summed E-state index contributed by atoms with van der Waals surface area (Å²) >= 11 is 0. The molecule has 2 saturated heterocycles. The highest BCUT2D eigenvalue weighted by molar-refractivity contribution is 5.92. The molecule has 0 saturated carbocycles. The van der Waals surface area contributed by atoms with Crippen LogP contribution < -0.4 is 10.1 Å². The van der Waals surface area contributed by atoms with E-state index in [0.717, 1.165) is 75.4 Å². The van der Waals surface area contributed by atoms with Gasteiger partial charge >= 0.3 is 6.03 Å². The lowest BCUT2D eigenvalue weighted by molar-refractivity contribution is 0.0856. The Morgan fingerprint density at radius 2 is 2.14 bits per heavy atom. The number of ether oxygens (including phenoxy) is 3. The van der Waals surface area contributed by atoms with Gasteiger partial charge in [-0.05, 0) is 49.1 Å². The predicted octanol–water partition coefficient (Wildman–Crippen LogP) is 3.36. The fourth-order valence-electron chi connectivity index (χ4n) is 4.37. The first-order valence-corrected chi connectivity index (χ1v) is 10.4. The van der Waals surface area contributed by atoms with Gasteiger partial charge in [0.2, 0.25) is 5.95 Å². The molecule has 2 fully saturated rings. The highest BCUT2D eigenvalue weighted by Crippen LogP contribution is 2.36. The van der Waals surface area contributed by atoms with Gasteiger partial charge in [-0.1, -0.05) is 6.07 Å². The van der Waals surface area contributed by atoms with Crippen LogP contribution in [-0.4, -0.2) is 68.0 Å². The molecule has 0 spiro atoms. The molecule has 1 aromatic heterocycles. The maximum absolute atomic E-state index is 12.7. The zero-order chi connectivity index (χ0) is 20.2. The number of urea groups is 1. The molecule has 4 rings (SSSR count). The van der Waals surface area contributed by atoms with Crippen molar-refractivity contribution in [2.75, 3.05) is 52.4 Å². The van der Waals surface area contributed by atoms with E-state index in [1.54, 1.807) is 14.2 Å². The number of aromatic nitrogens is 2. The lowest BCUT2D eigenvalue weighted by Gasteiger charge is -2.22. The summed E-state index contributed by atoms with van der Waals surface area (Å²) in [6.07, 6.45) is 3.95. The molecule has 8 heteroatoms. The van der Waals surface area contributed by atoms with Crippen LogP contribution in [0.15, 0.2) is 12.1 Å². The number of amides is 2. The van der Waals surface area contributed by atoms with E-state index in [1.165, 1.54) is 5.56 Å². The lowest BCUT2D eigenvalue weighted by atomic mass is 9.90. The molecule has 8 nitrogen and oxygen atoms in total. The van der Waals surface area contributed by atoms with Crippen LogP contribution in [0, 0.1) is 5.92 Å². The van der Waals surface area contributed by atoms with Gasteiger partial charge in [0.15, 0.2) is 0 Å².